The maximum atomic E-state index is 3.36. The molecule has 0 aliphatic heterocycles. The quantitative estimate of drug-likeness (QED) is 0.396. The Bertz CT molecular complexity index is 142. The first-order valence-electron chi connectivity index (χ1n) is 7.98. The smallest absolute Gasteiger partial charge is 0.0354 e. The average molecular weight is 273 g/mol. The third kappa shape index (κ3) is 17.7. The van der Waals surface area contributed by atoms with Crippen molar-refractivity contribution >= 4 is 0 Å². The molecule has 0 N–H and O–H groups in total. The highest BCUT2D eigenvalue weighted by Gasteiger charge is 2.27. The summed E-state index contributed by atoms with van der Waals surface area (Å²) in [5.74, 6) is 1.98. The molecule has 120 valence electrons. The maximum absolute atomic E-state index is 3.36. The number of allylic oxidation sites excluding steroid dienone is 1. The highest BCUT2D eigenvalue weighted by molar-refractivity contribution is 4.78. The summed E-state index contributed by atoms with van der Waals surface area (Å²) in [5.41, 5.74) is 0.556. The predicted molar refractivity (Wildman–Crippen MR) is 95.9 cm³/mol. The van der Waals surface area contributed by atoms with Gasteiger partial charge in [-0.05, 0) is 37.0 Å². The van der Waals surface area contributed by atoms with Gasteiger partial charge in [0.1, 0.15) is 0 Å². The topological polar surface area (TPSA) is 0 Å². The Balaban J connectivity index is -0.000000121. The minimum absolute atomic E-state index is 0. The summed E-state index contributed by atoms with van der Waals surface area (Å²) in [5, 5.41) is 0. The molecule has 0 aromatic rings. The molecule has 0 heteroatoms. The van der Waals surface area contributed by atoms with Gasteiger partial charge < -0.3 is 0 Å². The van der Waals surface area contributed by atoms with Crippen LogP contribution in [-0.2, 0) is 0 Å². The first-order valence-corrected chi connectivity index (χ1v) is 7.98. The van der Waals surface area contributed by atoms with Gasteiger partial charge in [0, 0.05) is 0 Å². The van der Waals surface area contributed by atoms with Gasteiger partial charge in [0.15, 0.2) is 0 Å². The maximum Gasteiger partial charge on any atom is -0.0354 e. The lowest BCUT2D eigenvalue weighted by molar-refractivity contribution is 0.155. The van der Waals surface area contributed by atoms with Crippen LogP contribution in [0.3, 0.4) is 0 Å². The molecule has 0 aromatic carbocycles. The van der Waals surface area contributed by atoms with Crippen LogP contribution in [0.2, 0.25) is 0 Å². The van der Waals surface area contributed by atoms with E-state index in [1.165, 1.54) is 25.7 Å². The van der Waals surface area contributed by atoms with Gasteiger partial charge in [-0.1, -0.05) is 81.7 Å². The summed E-state index contributed by atoms with van der Waals surface area (Å²) in [6.07, 6.45) is 7.60. The molecular formula is C19H44. The number of hydrogen-bond acceptors (Lipinski definition) is 0. The van der Waals surface area contributed by atoms with Crippen molar-refractivity contribution in [1.82, 2.24) is 0 Å². The Morgan fingerprint density at radius 3 is 1.37 bits per heavy atom. The van der Waals surface area contributed by atoms with Crippen LogP contribution < -0.4 is 0 Å². The number of rotatable bonds is 0. The van der Waals surface area contributed by atoms with E-state index in [2.05, 4.69) is 34.3 Å². The Morgan fingerprint density at radius 1 is 0.895 bits per heavy atom. The Morgan fingerprint density at radius 2 is 1.16 bits per heavy atom. The molecule has 0 atom stereocenters. The molecule has 0 amide bonds. The summed E-state index contributed by atoms with van der Waals surface area (Å²) >= 11 is 0. The number of hydrogen-bond donors (Lipinski definition) is 0. The normalized spacial score (nSPS) is 20.9. The van der Waals surface area contributed by atoms with Crippen molar-refractivity contribution in [3.63, 3.8) is 0 Å². The van der Waals surface area contributed by atoms with Gasteiger partial charge in [-0.2, -0.15) is 0 Å². The third-order valence-electron chi connectivity index (χ3n) is 3.24. The van der Waals surface area contributed by atoms with Gasteiger partial charge in [-0.3, -0.25) is 0 Å². The molecule has 1 saturated carbocycles. The lowest BCUT2D eigenvalue weighted by Crippen LogP contribution is -2.24. The zero-order valence-corrected chi connectivity index (χ0v) is 14.8. The zero-order chi connectivity index (χ0) is 15.2. The van der Waals surface area contributed by atoms with E-state index in [4.69, 9.17) is 0 Å². The molecule has 0 heterocycles. The van der Waals surface area contributed by atoms with Crippen LogP contribution in [0.15, 0.2) is 12.7 Å². The van der Waals surface area contributed by atoms with Gasteiger partial charge in [-0.25, -0.2) is 0 Å². The molecule has 1 fully saturated rings. The highest BCUT2D eigenvalue weighted by Crippen LogP contribution is 2.39. The standard InChI is InChI=1S/C11H22.C3H6.2C2H6.CH4/c1-9-5-7-10(8-6-9)11(2,3)4;1-3-2;2*1-2;/h9-10H,5-8H2,1-4H3;3H,1H2,2H3;2*1-2H3;1H4. The Labute approximate surface area is 126 Å². The predicted octanol–water partition coefficient (Wildman–Crippen LogP) is 7.74. The van der Waals surface area contributed by atoms with E-state index in [-0.39, 0.29) is 7.43 Å². The van der Waals surface area contributed by atoms with Gasteiger partial charge >= 0.3 is 0 Å². The van der Waals surface area contributed by atoms with Crippen LogP contribution in [0.5, 0.6) is 0 Å². The molecule has 19 heavy (non-hydrogen) atoms. The van der Waals surface area contributed by atoms with Crippen molar-refractivity contribution in [2.45, 2.75) is 95.4 Å². The minimum Gasteiger partial charge on any atom is -0.103 e. The fourth-order valence-electron chi connectivity index (χ4n) is 2.13. The van der Waals surface area contributed by atoms with Crippen LogP contribution >= 0.6 is 0 Å². The molecule has 0 spiro atoms. The second kappa shape index (κ2) is 17.7. The summed E-state index contributed by atoms with van der Waals surface area (Å²) in [7, 11) is 0. The fraction of sp³-hybridized carbons (Fsp3) is 0.895. The van der Waals surface area contributed by atoms with E-state index in [1.807, 2.05) is 34.6 Å². The SMILES string of the molecule is C.C=CC.CC.CC.CC1CCC(C(C)(C)C)CC1. The third-order valence-corrected chi connectivity index (χ3v) is 3.24. The Hall–Kier alpha value is -0.260. The minimum atomic E-state index is 0. The molecule has 1 rings (SSSR count). The van der Waals surface area contributed by atoms with Gasteiger partial charge in [-0.15, -0.1) is 6.58 Å². The summed E-state index contributed by atoms with van der Waals surface area (Å²) < 4.78 is 0. The first-order chi connectivity index (χ1) is 8.41. The zero-order valence-electron chi connectivity index (χ0n) is 14.8. The van der Waals surface area contributed by atoms with Crippen LogP contribution in [0, 0.1) is 17.3 Å². The average Bonchev–Trinajstić information content (AvgIpc) is 2.34. The lowest BCUT2D eigenvalue weighted by atomic mass is 9.70. The van der Waals surface area contributed by atoms with E-state index >= 15 is 0 Å². The van der Waals surface area contributed by atoms with Crippen molar-refractivity contribution in [3.8, 4) is 0 Å². The van der Waals surface area contributed by atoms with Crippen LogP contribution in [0.1, 0.15) is 95.4 Å². The van der Waals surface area contributed by atoms with Gasteiger partial charge in [0.2, 0.25) is 0 Å². The molecule has 0 radical (unpaired) electrons. The van der Waals surface area contributed by atoms with Crippen molar-refractivity contribution < 1.29 is 0 Å². The van der Waals surface area contributed by atoms with Crippen LogP contribution in [-0.4, -0.2) is 0 Å². The monoisotopic (exact) mass is 272 g/mol. The van der Waals surface area contributed by atoms with Crippen molar-refractivity contribution in [3.05, 3.63) is 12.7 Å². The van der Waals surface area contributed by atoms with Gasteiger partial charge in [0.05, 0.1) is 0 Å². The lowest BCUT2D eigenvalue weighted by Gasteiger charge is -2.35. The molecule has 1 aliphatic rings. The molecule has 0 unspecified atom stereocenters. The van der Waals surface area contributed by atoms with Crippen molar-refractivity contribution in [1.29, 1.82) is 0 Å². The summed E-state index contributed by atoms with van der Waals surface area (Å²) in [4.78, 5) is 0. The Kier molecular flexibility index (Phi) is 25.3. The van der Waals surface area contributed by atoms with Crippen molar-refractivity contribution in [2.75, 3.05) is 0 Å². The van der Waals surface area contributed by atoms with E-state index in [0.29, 0.717) is 5.41 Å². The van der Waals surface area contributed by atoms with E-state index in [0.717, 1.165) is 11.8 Å². The first kappa shape index (κ1) is 27.1. The molecule has 0 nitrogen and oxygen atoms in total. The molecule has 0 bridgehead atoms. The van der Waals surface area contributed by atoms with Crippen molar-refractivity contribution in [2.24, 2.45) is 17.3 Å². The molecule has 0 saturated heterocycles. The largest absolute Gasteiger partial charge is 0.103 e. The second-order valence-electron chi connectivity index (χ2n) is 5.73. The van der Waals surface area contributed by atoms with E-state index < -0.39 is 0 Å². The molecule has 0 aromatic heterocycles. The highest BCUT2D eigenvalue weighted by atomic mass is 14.3. The second-order valence-corrected chi connectivity index (χ2v) is 5.73. The van der Waals surface area contributed by atoms with Crippen LogP contribution in [0.25, 0.3) is 0 Å². The molecule has 1 aliphatic carbocycles. The summed E-state index contributed by atoms with van der Waals surface area (Å²) in [6.45, 7) is 22.8. The van der Waals surface area contributed by atoms with Crippen LogP contribution in [0.4, 0.5) is 0 Å². The fourth-order valence-corrected chi connectivity index (χ4v) is 2.13. The van der Waals surface area contributed by atoms with E-state index in [9.17, 15) is 0 Å². The molecular weight excluding hydrogens is 228 g/mol. The van der Waals surface area contributed by atoms with E-state index in [1.54, 1.807) is 6.08 Å². The summed E-state index contributed by atoms with van der Waals surface area (Å²) in [6, 6.07) is 0. The van der Waals surface area contributed by atoms with Gasteiger partial charge in [0.25, 0.3) is 0 Å².